The molecule has 0 saturated heterocycles. The molecule has 0 atom stereocenters. The van der Waals surface area contributed by atoms with Gasteiger partial charge in [0.1, 0.15) is 11.1 Å². The van der Waals surface area contributed by atoms with Crippen molar-refractivity contribution in [2.45, 2.75) is 53.6 Å². The highest BCUT2D eigenvalue weighted by Gasteiger charge is 2.22. The maximum absolute atomic E-state index is 12.5. The second kappa shape index (κ2) is 4.40. The molecule has 0 aliphatic heterocycles. The number of furan rings is 1. The SMILES string of the molecule is Cc1oc2c(c1C)c(=O)n(C(C)C)c(=O)n2C(C)C. The Morgan fingerprint density at radius 1 is 0.947 bits per heavy atom. The van der Waals surface area contributed by atoms with Crippen LogP contribution in [0.25, 0.3) is 11.1 Å². The van der Waals surface area contributed by atoms with Gasteiger partial charge in [-0.15, -0.1) is 0 Å². The molecule has 0 amide bonds. The van der Waals surface area contributed by atoms with Gasteiger partial charge in [0.05, 0.1) is 0 Å². The normalized spacial score (nSPS) is 12.0. The molecule has 0 aromatic carbocycles. The van der Waals surface area contributed by atoms with Crippen molar-refractivity contribution in [3.8, 4) is 0 Å². The van der Waals surface area contributed by atoms with E-state index in [0.29, 0.717) is 16.9 Å². The van der Waals surface area contributed by atoms with Crippen molar-refractivity contribution in [1.29, 1.82) is 0 Å². The molecule has 2 heterocycles. The molecule has 2 aromatic rings. The fourth-order valence-electron chi connectivity index (χ4n) is 2.35. The minimum absolute atomic E-state index is 0.0643. The van der Waals surface area contributed by atoms with Crippen molar-refractivity contribution < 1.29 is 4.42 Å². The highest BCUT2D eigenvalue weighted by molar-refractivity contribution is 5.78. The van der Waals surface area contributed by atoms with Gasteiger partial charge in [-0.3, -0.25) is 13.9 Å². The van der Waals surface area contributed by atoms with E-state index in [2.05, 4.69) is 0 Å². The van der Waals surface area contributed by atoms with Gasteiger partial charge < -0.3 is 4.42 Å². The van der Waals surface area contributed by atoms with E-state index in [0.717, 1.165) is 5.56 Å². The van der Waals surface area contributed by atoms with E-state index in [1.165, 1.54) is 4.57 Å². The van der Waals surface area contributed by atoms with Crippen molar-refractivity contribution in [3.05, 3.63) is 32.2 Å². The molecule has 0 unspecified atom stereocenters. The summed E-state index contributed by atoms with van der Waals surface area (Å²) in [5, 5.41) is 0.513. The average molecular weight is 264 g/mol. The lowest BCUT2D eigenvalue weighted by atomic mass is 10.2. The molecule has 104 valence electrons. The van der Waals surface area contributed by atoms with Crippen LogP contribution in [0.15, 0.2) is 14.0 Å². The lowest BCUT2D eigenvalue weighted by molar-refractivity contribution is 0.453. The lowest BCUT2D eigenvalue weighted by Crippen LogP contribution is -2.41. The summed E-state index contributed by atoms with van der Waals surface area (Å²) >= 11 is 0. The van der Waals surface area contributed by atoms with Gasteiger partial charge in [-0.05, 0) is 41.5 Å². The third-order valence-electron chi connectivity index (χ3n) is 3.46. The summed E-state index contributed by atoms with van der Waals surface area (Å²) in [5.74, 6) is 0.683. The lowest BCUT2D eigenvalue weighted by Gasteiger charge is -2.15. The first-order valence-corrected chi connectivity index (χ1v) is 6.54. The molecule has 0 aliphatic carbocycles. The smallest absolute Gasteiger partial charge is 0.334 e. The Morgan fingerprint density at radius 2 is 1.47 bits per heavy atom. The first kappa shape index (κ1) is 13.6. The van der Waals surface area contributed by atoms with Crippen LogP contribution in [0.3, 0.4) is 0 Å². The maximum atomic E-state index is 12.5. The summed E-state index contributed by atoms with van der Waals surface area (Å²) in [6, 6.07) is -0.241. The third kappa shape index (κ3) is 1.84. The first-order chi connectivity index (χ1) is 8.77. The maximum Gasteiger partial charge on any atom is 0.334 e. The Kier molecular flexibility index (Phi) is 3.16. The van der Waals surface area contributed by atoms with E-state index in [-0.39, 0.29) is 23.3 Å². The van der Waals surface area contributed by atoms with Gasteiger partial charge >= 0.3 is 5.69 Å². The summed E-state index contributed by atoms with van der Waals surface area (Å²) in [7, 11) is 0. The van der Waals surface area contributed by atoms with E-state index in [1.54, 1.807) is 4.57 Å². The quantitative estimate of drug-likeness (QED) is 0.837. The van der Waals surface area contributed by atoms with Gasteiger partial charge in [-0.25, -0.2) is 4.79 Å². The Hall–Kier alpha value is -1.78. The van der Waals surface area contributed by atoms with Gasteiger partial charge in [0.15, 0.2) is 0 Å². The van der Waals surface area contributed by atoms with Crippen LogP contribution in [-0.2, 0) is 0 Å². The molecule has 19 heavy (non-hydrogen) atoms. The second-order valence-corrected chi connectivity index (χ2v) is 5.48. The Labute approximate surface area is 111 Å². The fourth-order valence-corrected chi connectivity index (χ4v) is 2.35. The number of fused-ring (bicyclic) bond motifs is 1. The fraction of sp³-hybridized carbons (Fsp3) is 0.571. The minimum Gasteiger partial charge on any atom is -0.444 e. The van der Waals surface area contributed by atoms with Crippen molar-refractivity contribution in [1.82, 2.24) is 9.13 Å². The number of aromatic nitrogens is 2. The van der Waals surface area contributed by atoms with Crippen LogP contribution >= 0.6 is 0 Å². The number of rotatable bonds is 2. The second-order valence-electron chi connectivity index (χ2n) is 5.48. The number of hydrogen-bond donors (Lipinski definition) is 0. The number of aryl methyl sites for hydroxylation is 2. The Bertz CT molecular complexity index is 745. The largest absolute Gasteiger partial charge is 0.444 e. The molecule has 5 nitrogen and oxygen atoms in total. The summed E-state index contributed by atoms with van der Waals surface area (Å²) in [4.78, 5) is 25.0. The molecule has 2 rings (SSSR count). The van der Waals surface area contributed by atoms with Crippen LogP contribution in [0.4, 0.5) is 0 Å². The van der Waals surface area contributed by atoms with Crippen molar-refractivity contribution in [2.24, 2.45) is 0 Å². The zero-order valence-corrected chi connectivity index (χ0v) is 12.3. The minimum atomic E-state index is -0.309. The molecule has 0 aliphatic rings. The third-order valence-corrected chi connectivity index (χ3v) is 3.46. The number of hydrogen-bond acceptors (Lipinski definition) is 3. The highest BCUT2D eigenvalue weighted by Crippen LogP contribution is 2.22. The molecule has 2 aromatic heterocycles. The molecule has 0 N–H and O–H groups in total. The van der Waals surface area contributed by atoms with Crippen LogP contribution in [0.2, 0.25) is 0 Å². The summed E-state index contributed by atoms with van der Waals surface area (Å²) in [5.41, 5.74) is 0.623. The van der Waals surface area contributed by atoms with Gasteiger partial charge in [0, 0.05) is 17.6 Å². The Balaban J connectivity index is 3.14. The molecular formula is C14H20N2O3. The Morgan fingerprint density at radius 3 is 1.95 bits per heavy atom. The van der Waals surface area contributed by atoms with E-state index in [9.17, 15) is 9.59 Å². The van der Waals surface area contributed by atoms with Gasteiger partial charge in [-0.2, -0.15) is 0 Å². The zero-order valence-electron chi connectivity index (χ0n) is 12.3. The number of nitrogens with zero attached hydrogens (tertiary/aromatic N) is 2. The van der Waals surface area contributed by atoms with Gasteiger partial charge in [-0.1, -0.05) is 0 Å². The van der Waals surface area contributed by atoms with Gasteiger partial charge in [0.2, 0.25) is 5.71 Å². The van der Waals surface area contributed by atoms with E-state index < -0.39 is 0 Å². The van der Waals surface area contributed by atoms with Gasteiger partial charge in [0.25, 0.3) is 5.56 Å². The molecule has 0 spiro atoms. The first-order valence-electron chi connectivity index (χ1n) is 6.54. The van der Waals surface area contributed by atoms with Crippen molar-refractivity contribution in [2.75, 3.05) is 0 Å². The van der Waals surface area contributed by atoms with E-state index in [1.807, 2.05) is 41.5 Å². The molecule has 0 fully saturated rings. The summed E-state index contributed by atoms with van der Waals surface area (Å²) < 4.78 is 8.49. The van der Waals surface area contributed by atoms with Crippen molar-refractivity contribution in [3.63, 3.8) is 0 Å². The highest BCUT2D eigenvalue weighted by atomic mass is 16.3. The van der Waals surface area contributed by atoms with E-state index >= 15 is 0 Å². The van der Waals surface area contributed by atoms with Crippen LogP contribution < -0.4 is 11.2 Å². The monoisotopic (exact) mass is 264 g/mol. The molecular weight excluding hydrogens is 244 g/mol. The summed E-state index contributed by atoms with van der Waals surface area (Å²) in [6.07, 6.45) is 0. The molecule has 0 radical (unpaired) electrons. The van der Waals surface area contributed by atoms with E-state index in [4.69, 9.17) is 4.42 Å². The topological polar surface area (TPSA) is 57.1 Å². The van der Waals surface area contributed by atoms with Crippen LogP contribution in [-0.4, -0.2) is 9.13 Å². The molecule has 0 bridgehead atoms. The zero-order chi connectivity index (χ0) is 14.5. The van der Waals surface area contributed by atoms with Crippen LogP contribution in [0, 0.1) is 13.8 Å². The average Bonchev–Trinajstić information content (AvgIpc) is 2.54. The van der Waals surface area contributed by atoms with Crippen LogP contribution in [0.1, 0.15) is 51.1 Å². The standard InChI is InChI=1S/C14H20N2O3/c1-7(2)15-12(17)11-9(5)10(6)19-13(11)16(8(3)4)14(15)18/h7-8H,1-6H3. The molecule has 5 heteroatoms. The summed E-state index contributed by atoms with van der Waals surface area (Å²) in [6.45, 7) is 11.1. The van der Waals surface area contributed by atoms with Crippen molar-refractivity contribution >= 4 is 11.1 Å². The molecule has 0 saturated carbocycles. The van der Waals surface area contributed by atoms with Crippen LogP contribution in [0.5, 0.6) is 0 Å². The predicted octanol–water partition coefficient (Wildman–Crippen LogP) is 2.53. The predicted molar refractivity (Wildman–Crippen MR) is 75.0 cm³/mol.